The molecule has 1 saturated heterocycles. The summed E-state index contributed by atoms with van der Waals surface area (Å²) >= 11 is 0. The minimum atomic E-state index is -0.337. The molecule has 2 N–H and O–H groups in total. The van der Waals surface area contributed by atoms with Crippen molar-refractivity contribution in [3.05, 3.63) is 24.4 Å². The van der Waals surface area contributed by atoms with Crippen molar-refractivity contribution in [2.75, 3.05) is 7.05 Å². The Bertz CT molecular complexity index is 470. The minimum absolute atomic E-state index is 0.109. The summed E-state index contributed by atoms with van der Waals surface area (Å²) in [7, 11) is 1.72. The first-order valence-corrected chi connectivity index (χ1v) is 6.69. The SMILES string of the molecule is C=C/C(=C\NC(=NC)C(C)(C)C)C1CCC(=O)NC1=O. The van der Waals surface area contributed by atoms with Gasteiger partial charge in [0.05, 0.1) is 5.92 Å². The van der Waals surface area contributed by atoms with E-state index in [4.69, 9.17) is 0 Å². The average Bonchev–Trinajstić information content (AvgIpc) is 2.34. The van der Waals surface area contributed by atoms with E-state index in [1.807, 2.05) is 0 Å². The number of nitrogens with one attached hydrogen (secondary N) is 2. The molecule has 1 heterocycles. The smallest absolute Gasteiger partial charge is 0.234 e. The summed E-state index contributed by atoms with van der Waals surface area (Å²) in [6.45, 7) is 9.90. The number of carbonyl (C=O) groups is 2. The van der Waals surface area contributed by atoms with Gasteiger partial charge in [0.1, 0.15) is 5.84 Å². The number of amides is 2. The van der Waals surface area contributed by atoms with Crippen molar-refractivity contribution in [1.82, 2.24) is 10.6 Å². The van der Waals surface area contributed by atoms with Gasteiger partial charge in [-0.1, -0.05) is 33.4 Å². The molecule has 0 aromatic heterocycles. The highest BCUT2D eigenvalue weighted by atomic mass is 16.2. The molecule has 5 heteroatoms. The van der Waals surface area contributed by atoms with Crippen molar-refractivity contribution in [1.29, 1.82) is 0 Å². The number of rotatable bonds is 3. The van der Waals surface area contributed by atoms with Gasteiger partial charge in [-0.2, -0.15) is 0 Å². The number of aliphatic imine (C=N–C) groups is 1. The Balaban J connectivity index is 2.86. The van der Waals surface area contributed by atoms with Gasteiger partial charge in [0.25, 0.3) is 0 Å². The van der Waals surface area contributed by atoms with E-state index in [0.717, 1.165) is 11.4 Å². The number of piperidine rings is 1. The highest BCUT2D eigenvalue weighted by Gasteiger charge is 2.28. The van der Waals surface area contributed by atoms with E-state index in [1.54, 1.807) is 19.3 Å². The molecular weight excluding hydrogens is 254 g/mol. The molecule has 2 amide bonds. The number of allylic oxidation sites excluding steroid dienone is 1. The van der Waals surface area contributed by atoms with E-state index in [0.29, 0.717) is 12.8 Å². The first kappa shape index (κ1) is 16.1. The lowest BCUT2D eigenvalue weighted by Gasteiger charge is -2.24. The standard InChI is InChI=1S/C15H23N3O2/c1-6-10(9-17-14(16-5)15(2,3)4)11-7-8-12(19)18-13(11)20/h6,9,11H,1,7-8H2,2-5H3,(H,16,17)(H,18,19,20)/b10-9+. The predicted octanol–water partition coefficient (Wildman–Crippen LogP) is 1.77. The Hall–Kier alpha value is -1.91. The van der Waals surface area contributed by atoms with Gasteiger partial charge in [-0.15, -0.1) is 0 Å². The first-order valence-electron chi connectivity index (χ1n) is 6.69. The molecular formula is C15H23N3O2. The van der Waals surface area contributed by atoms with Crippen molar-refractivity contribution >= 4 is 17.6 Å². The summed E-state index contributed by atoms with van der Waals surface area (Å²) in [5, 5.41) is 5.49. The van der Waals surface area contributed by atoms with Crippen LogP contribution < -0.4 is 10.6 Å². The van der Waals surface area contributed by atoms with Gasteiger partial charge >= 0.3 is 0 Å². The molecule has 0 bridgehead atoms. The van der Waals surface area contributed by atoms with Crippen LogP contribution in [-0.4, -0.2) is 24.7 Å². The van der Waals surface area contributed by atoms with Gasteiger partial charge in [-0.25, -0.2) is 0 Å². The fourth-order valence-electron chi connectivity index (χ4n) is 2.08. The molecule has 20 heavy (non-hydrogen) atoms. The van der Waals surface area contributed by atoms with E-state index in [2.05, 4.69) is 43.0 Å². The van der Waals surface area contributed by atoms with Crippen LogP contribution in [0.25, 0.3) is 0 Å². The summed E-state index contributed by atoms with van der Waals surface area (Å²) in [5.74, 6) is 0.00740. The number of nitrogens with zero attached hydrogens (tertiary/aromatic N) is 1. The maximum Gasteiger partial charge on any atom is 0.234 e. The topological polar surface area (TPSA) is 70.6 Å². The van der Waals surface area contributed by atoms with Crippen molar-refractivity contribution in [2.45, 2.75) is 33.6 Å². The van der Waals surface area contributed by atoms with Crippen LogP contribution in [0.15, 0.2) is 29.4 Å². The van der Waals surface area contributed by atoms with Crippen LogP contribution in [0.1, 0.15) is 33.6 Å². The molecule has 0 aromatic carbocycles. The molecule has 1 unspecified atom stereocenters. The number of carbonyl (C=O) groups excluding carboxylic acids is 2. The number of amidine groups is 1. The second kappa shape index (κ2) is 6.50. The van der Waals surface area contributed by atoms with Gasteiger partial charge in [0.15, 0.2) is 0 Å². The Morgan fingerprint density at radius 3 is 2.55 bits per heavy atom. The van der Waals surface area contributed by atoms with E-state index in [9.17, 15) is 9.59 Å². The third-order valence-electron chi connectivity index (χ3n) is 3.19. The summed E-state index contributed by atoms with van der Waals surface area (Å²) in [6, 6.07) is 0. The molecule has 0 aliphatic carbocycles. The summed E-state index contributed by atoms with van der Waals surface area (Å²) in [5.41, 5.74) is 0.655. The van der Waals surface area contributed by atoms with Crippen molar-refractivity contribution in [3.8, 4) is 0 Å². The molecule has 1 fully saturated rings. The molecule has 1 aliphatic rings. The van der Waals surface area contributed by atoms with Crippen molar-refractivity contribution in [3.63, 3.8) is 0 Å². The van der Waals surface area contributed by atoms with E-state index < -0.39 is 0 Å². The molecule has 0 radical (unpaired) electrons. The van der Waals surface area contributed by atoms with E-state index in [1.165, 1.54) is 0 Å². The molecule has 1 rings (SSSR count). The highest BCUT2D eigenvalue weighted by Crippen LogP contribution is 2.22. The molecule has 0 saturated carbocycles. The van der Waals surface area contributed by atoms with Gasteiger partial charge in [0, 0.05) is 25.1 Å². The Morgan fingerprint density at radius 2 is 2.10 bits per heavy atom. The molecule has 0 spiro atoms. The number of imide groups is 1. The highest BCUT2D eigenvalue weighted by molar-refractivity contribution is 6.00. The lowest BCUT2D eigenvalue weighted by Crippen LogP contribution is -2.41. The maximum atomic E-state index is 11.8. The fourth-order valence-corrected chi connectivity index (χ4v) is 2.08. The zero-order valence-electron chi connectivity index (χ0n) is 12.6. The van der Waals surface area contributed by atoms with Crippen LogP contribution in [0.5, 0.6) is 0 Å². The fraction of sp³-hybridized carbons (Fsp3) is 0.533. The Kier molecular flexibility index (Phi) is 5.25. The zero-order chi connectivity index (χ0) is 15.3. The van der Waals surface area contributed by atoms with E-state index >= 15 is 0 Å². The van der Waals surface area contributed by atoms with Gasteiger partial charge in [-0.3, -0.25) is 19.9 Å². The van der Waals surface area contributed by atoms with Crippen LogP contribution >= 0.6 is 0 Å². The van der Waals surface area contributed by atoms with Crippen molar-refractivity contribution < 1.29 is 9.59 Å². The molecule has 5 nitrogen and oxygen atoms in total. The van der Waals surface area contributed by atoms with Crippen LogP contribution in [0.3, 0.4) is 0 Å². The molecule has 110 valence electrons. The Labute approximate surface area is 120 Å². The van der Waals surface area contributed by atoms with Crippen LogP contribution in [0, 0.1) is 11.3 Å². The van der Waals surface area contributed by atoms with Crippen LogP contribution in [0.2, 0.25) is 0 Å². The van der Waals surface area contributed by atoms with Crippen LogP contribution in [0.4, 0.5) is 0 Å². The summed E-state index contributed by atoms with van der Waals surface area (Å²) < 4.78 is 0. The summed E-state index contributed by atoms with van der Waals surface area (Å²) in [6.07, 6.45) is 4.26. The van der Waals surface area contributed by atoms with Crippen LogP contribution in [-0.2, 0) is 9.59 Å². The zero-order valence-corrected chi connectivity index (χ0v) is 12.6. The third-order valence-corrected chi connectivity index (χ3v) is 3.19. The second-order valence-electron chi connectivity index (χ2n) is 5.82. The predicted molar refractivity (Wildman–Crippen MR) is 80.1 cm³/mol. The van der Waals surface area contributed by atoms with Gasteiger partial charge < -0.3 is 5.32 Å². The lowest BCUT2D eigenvalue weighted by atomic mass is 9.90. The molecule has 1 aliphatic heterocycles. The second-order valence-corrected chi connectivity index (χ2v) is 5.82. The largest absolute Gasteiger partial charge is 0.350 e. The third kappa shape index (κ3) is 4.05. The maximum absolute atomic E-state index is 11.8. The molecule has 0 aromatic rings. The Morgan fingerprint density at radius 1 is 1.45 bits per heavy atom. The number of hydrogen-bond donors (Lipinski definition) is 2. The normalized spacial score (nSPS) is 21.5. The molecule has 1 atom stereocenters. The van der Waals surface area contributed by atoms with Gasteiger partial charge in [-0.05, 0) is 12.0 Å². The van der Waals surface area contributed by atoms with E-state index in [-0.39, 0.29) is 23.1 Å². The number of hydrogen-bond acceptors (Lipinski definition) is 3. The first-order chi connectivity index (χ1) is 9.29. The lowest BCUT2D eigenvalue weighted by molar-refractivity contribution is -0.135. The monoisotopic (exact) mass is 277 g/mol. The van der Waals surface area contributed by atoms with Crippen molar-refractivity contribution in [2.24, 2.45) is 16.3 Å². The van der Waals surface area contributed by atoms with Gasteiger partial charge in [0.2, 0.25) is 11.8 Å². The average molecular weight is 277 g/mol. The summed E-state index contributed by atoms with van der Waals surface area (Å²) in [4.78, 5) is 27.2. The quantitative estimate of drug-likeness (QED) is 0.357. The minimum Gasteiger partial charge on any atom is -0.350 e.